The highest BCUT2D eigenvalue weighted by Crippen LogP contribution is 2.14. The summed E-state index contributed by atoms with van der Waals surface area (Å²) in [6.45, 7) is 1.78. The molecule has 0 aromatic carbocycles. The van der Waals surface area contributed by atoms with Crippen LogP contribution >= 0.6 is 15.9 Å². The van der Waals surface area contributed by atoms with Crippen molar-refractivity contribution >= 4 is 27.7 Å². The number of hydrogen-bond donors (Lipinski definition) is 2. The summed E-state index contributed by atoms with van der Waals surface area (Å²) in [6.07, 6.45) is 3.69. The summed E-state index contributed by atoms with van der Waals surface area (Å²) in [5.74, 6) is 0.736. The lowest BCUT2D eigenvalue weighted by molar-refractivity contribution is -0.120. The number of aromatic nitrogens is 1. The SMILES string of the molecule is O=C(Nc1ccc(Br)cn1)[C@@H]1CCCNC1. The Morgan fingerprint density at radius 2 is 2.44 bits per heavy atom. The maximum absolute atomic E-state index is 11.8. The fraction of sp³-hybridized carbons (Fsp3) is 0.455. The minimum absolute atomic E-state index is 0.0574. The summed E-state index contributed by atoms with van der Waals surface area (Å²) >= 11 is 3.30. The molecule has 2 N–H and O–H groups in total. The number of amides is 1. The van der Waals surface area contributed by atoms with Gasteiger partial charge in [0.05, 0.1) is 5.92 Å². The Labute approximate surface area is 103 Å². The third-order valence-electron chi connectivity index (χ3n) is 2.65. The van der Waals surface area contributed by atoms with E-state index < -0.39 is 0 Å². The van der Waals surface area contributed by atoms with E-state index in [0.717, 1.165) is 30.4 Å². The molecule has 1 aromatic heterocycles. The van der Waals surface area contributed by atoms with Crippen molar-refractivity contribution in [3.8, 4) is 0 Å². The lowest BCUT2D eigenvalue weighted by atomic mass is 9.99. The van der Waals surface area contributed by atoms with Crippen molar-refractivity contribution in [1.82, 2.24) is 10.3 Å². The molecule has 2 rings (SSSR count). The van der Waals surface area contributed by atoms with E-state index >= 15 is 0 Å². The zero-order valence-corrected chi connectivity index (χ0v) is 10.5. The molecule has 0 bridgehead atoms. The third kappa shape index (κ3) is 3.02. The summed E-state index contributed by atoms with van der Waals surface area (Å²) < 4.78 is 0.907. The van der Waals surface area contributed by atoms with E-state index in [-0.39, 0.29) is 11.8 Å². The van der Waals surface area contributed by atoms with Gasteiger partial charge in [-0.15, -0.1) is 0 Å². The van der Waals surface area contributed by atoms with Crippen molar-refractivity contribution in [3.05, 3.63) is 22.8 Å². The largest absolute Gasteiger partial charge is 0.316 e. The predicted molar refractivity (Wildman–Crippen MR) is 66.2 cm³/mol. The molecule has 2 heterocycles. The van der Waals surface area contributed by atoms with Gasteiger partial charge < -0.3 is 10.6 Å². The molecule has 86 valence electrons. The Kier molecular flexibility index (Phi) is 3.90. The van der Waals surface area contributed by atoms with Crippen LogP contribution in [0.4, 0.5) is 5.82 Å². The zero-order chi connectivity index (χ0) is 11.4. The van der Waals surface area contributed by atoms with Crippen LogP contribution in [0.15, 0.2) is 22.8 Å². The number of piperidine rings is 1. The number of nitrogens with one attached hydrogen (secondary N) is 2. The number of pyridine rings is 1. The standard InChI is InChI=1S/C11H14BrN3O/c12-9-3-4-10(14-7-9)15-11(16)8-2-1-5-13-6-8/h3-4,7-8,13H,1-2,5-6H2,(H,14,15,16)/t8-/m1/s1. The van der Waals surface area contributed by atoms with Crippen LogP contribution in [0.5, 0.6) is 0 Å². The Morgan fingerprint density at radius 1 is 1.56 bits per heavy atom. The van der Waals surface area contributed by atoms with Crippen molar-refractivity contribution in [1.29, 1.82) is 0 Å². The Hall–Kier alpha value is -0.940. The Balaban J connectivity index is 1.93. The zero-order valence-electron chi connectivity index (χ0n) is 8.87. The molecule has 1 amide bonds. The highest BCUT2D eigenvalue weighted by Gasteiger charge is 2.20. The second-order valence-corrected chi connectivity index (χ2v) is 4.81. The van der Waals surface area contributed by atoms with E-state index in [0.29, 0.717) is 5.82 Å². The maximum Gasteiger partial charge on any atom is 0.229 e. The van der Waals surface area contributed by atoms with Crippen molar-refractivity contribution in [2.75, 3.05) is 18.4 Å². The van der Waals surface area contributed by atoms with E-state index in [9.17, 15) is 4.79 Å². The number of carbonyl (C=O) groups excluding carboxylic acids is 1. The molecule has 5 heteroatoms. The lowest BCUT2D eigenvalue weighted by Crippen LogP contribution is -2.37. The van der Waals surface area contributed by atoms with Gasteiger partial charge in [-0.05, 0) is 47.4 Å². The number of halogens is 1. The van der Waals surface area contributed by atoms with Gasteiger partial charge in [-0.2, -0.15) is 0 Å². The van der Waals surface area contributed by atoms with Gasteiger partial charge in [0.15, 0.2) is 0 Å². The first-order valence-electron chi connectivity index (χ1n) is 5.39. The van der Waals surface area contributed by atoms with Gasteiger partial charge in [0.25, 0.3) is 0 Å². The molecule has 0 radical (unpaired) electrons. The van der Waals surface area contributed by atoms with E-state index in [1.54, 1.807) is 12.3 Å². The molecule has 0 saturated carbocycles. The molecule has 1 aliphatic heterocycles. The van der Waals surface area contributed by atoms with E-state index in [1.807, 2.05) is 6.07 Å². The molecule has 1 atom stereocenters. The molecule has 0 aliphatic carbocycles. The summed E-state index contributed by atoms with van der Waals surface area (Å²) in [6, 6.07) is 3.65. The van der Waals surface area contributed by atoms with Gasteiger partial charge in [-0.25, -0.2) is 4.98 Å². The molecular weight excluding hydrogens is 270 g/mol. The quantitative estimate of drug-likeness (QED) is 0.870. The smallest absolute Gasteiger partial charge is 0.229 e. The van der Waals surface area contributed by atoms with Crippen LogP contribution in [0.1, 0.15) is 12.8 Å². The van der Waals surface area contributed by atoms with Gasteiger partial charge >= 0.3 is 0 Å². The maximum atomic E-state index is 11.8. The fourth-order valence-electron chi connectivity index (χ4n) is 1.75. The van der Waals surface area contributed by atoms with E-state index in [1.165, 1.54) is 0 Å². The van der Waals surface area contributed by atoms with Gasteiger partial charge in [-0.3, -0.25) is 4.79 Å². The molecule has 1 aromatic rings. The van der Waals surface area contributed by atoms with Crippen LogP contribution < -0.4 is 10.6 Å². The summed E-state index contributed by atoms with van der Waals surface area (Å²) in [5, 5.41) is 6.05. The normalized spacial score (nSPS) is 20.4. The van der Waals surface area contributed by atoms with Crippen LogP contribution in [0.3, 0.4) is 0 Å². The molecular formula is C11H14BrN3O. The van der Waals surface area contributed by atoms with E-state index in [4.69, 9.17) is 0 Å². The number of anilines is 1. The fourth-order valence-corrected chi connectivity index (χ4v) is 1.99. The van der Waals surface area contributed by atoms with Gasteiger partial charge in [-0.1, -0.05) is 0 Å². The van der Waals surface area contributed by atoms with E-state index in [2.05, 4.69) is 31.5 Å². The van der Waals surface area contributed by atoms with Crippen LogP contribution in [-0.2, 0) is 4.79 Å². The van der Waals surface area contributed by atoms with Gasteiger partial charge in [0, 0.05) is 17.2 Å². The monoisotopic (exact) mass is 283 g/mol. The van der Waals surface area contributed by atoms with Crippen molar-refractivity contribution < 1.29 is 4.79 Å². The number of hydrogen-bond acceptors (Lipinski definition) is 3. The van der Waals surface area contributed by atoms with Crippen molar-refractivity contribution in [3.63, 3.8) is 0 Å². The average molecular weight is 284 g/mol. The molecule has 4 nitrogen and oxygen atoms in total. The first-order valence-corrected chi connectivity index (χ1v) is 6.18. The number of carbonyl (C=O) groups is 1. The minimum Gasteiger partial charge on any atom is -0.316 e. The Morgan fingerprint density at radius 3 is 3.06 bits per heavy atom. The summed E-state index contributed by atoms with van der Waals surface area (Å²) in [7, 11) is 0. The molecule has 1 fully saturated rings. The third-order valence-corrected chi connectivity index (χ3v) is 3.12. The Bertz CT molecular complexity index is 360. The van der Waals surface area contributed by atoms with Gasteiger partial charge in [0.1, 0.15) is 5.82 Å². The number of nitrogens with zero attached hydrogens (tertiary/aromatic N) is 1. The molecule has 0 spiro atoms. The molecule has 16 heavy (non-hydrogen) atoms. The second kappa shape index (κ2) is 5.41. The van der Waals surface area contributed by atoms with Gasteiger partial charge in [0.2, 0.25) is 5.91 Å². The van der Waals surface area contributed by atoms with Crippen LogP contribution in [0.25, 0.3) is 0 Å². The van der Waals surface area contributed by atoms with Crippen molar-refractivity contribution in [2.24, 2.45) is 5.92 Å². The second-order valence-electron chi connectivity index (χ2n) is 3.89. The summed E-state index contributed by atoms with van der Waals surface area (Å²) in [5.41, 5.74) is 0. The highest BCUT2D eigenvalue weighted by atomic mass is 79.9. The average Bonchev–Trinajstić information content (AvgIpc) is 2.33. The molecule has 1 aliphatic rings. The molecule has 1 saturated heterocycles. The molecule has 0 unspecified atom stereocenters. The highest BCUT2D eigenvalue weighted by molar-refractivity contribution is 9.10. The predicted octanol–water partition coefficient (Wildman–Crippen LogP) is 1.78. The topological polar surface area (TPSA) is 54.0 Å². The first-order chi connectivity index (χ1) is 7.75. The van der Waals surface area contributed by atoms with Crippen LogP contribution in [0, 0.1) is 5.92 Å². The number of rotatable bonds is 2. The summed E-state index contributed by atoms with van der Waals surface area (Å²) in [4.78, 5) is 16.0. The lowest BCUT2D eigenvalue weighted by Gasteiger charge is -2.21. The first kappa shape index (κ1) is 11.5. The van der Waals surface area contributed by atoms with Crippen LogP contribution in [0.2, 0.25) is 0 Å². The van der Waals surface area contributed by atoms with Crippen LogP contribution in [-0.4, -0.2) is 24.0 Å². The van der Waals surface area contributed by atoms with Crippen molar-refractivity contribution in [2.45, 2.75) is 12.8 Å². The minimum atomic E-state index is 0.0574.